The van der Waals surface area contributed by atoms with E-state index >= 15 is 0 Å². The summed E-state index contributed by atoms with van der Waals surface area (Å²) in [5.41, 5.74) is 1.22. The molecule has 0 aliphatic carbocycles. The quantitative estimate of drug-likeness (QED) is 0.640. The van der Waals surface area contributed by atoms with Crippen molar-refractivity contribution in [2.45, 2.75) is 38.5 Å². The van der Waals surface area contributed by atoms with E-state index in [0.29, 0.717) is 12.6 Å². The van der Waals surface area contributed by atoms with Gasteiger partial charge < -0.3 is 15.4 Å². The molecule has 2 unspecified atom stereocenters. The lowest BCUT2D eigenvalue weighted by Gasteiger charge is -2.35. The van der Waals surface area contributed by atoms with Crippen molar-refractivity contribution in [2.75, 3.05) is 32.8 Å². The third kappa shape index (κ3) is 4.69. The van der Waals surface area contributed by atoms with Crippen LogP contribution in [0.25, 0.3) is 0 Å². The first-order chi connectivity index (χ1) is 11.3. The molecule has 0 saturated carbocycles. The molecule has 0 radical (unpaired) electrons. The van der Waals surface area contributed by atoms with Gasteiger partial charge in [0.25, 0.3) is 0 Å². The Hall–Kier alpha value is -1.59. The number of benzene rings is 1. The second-order valence-corrected chi connectivity index (χ2v) is 6.31. The van der Waals surface area contributed by atoms with E-state index in [1.54, 1.807) is 0 Å². The zero-order chi connectivity index (χ0) is 15.9. The molecule has 0 spiro atoms. The Balaban J connectivity index is 1.49. The molecule has 1 aromatic rings. The molecule has 2 heterocycles. The zero-order valence-corrected chi connectivity index (χ0v) is 14.0. The molecule has 2 N–H and O–H groups in total. The van der Waals surface area contributed by atoms with Crippen molar-refractivity contribution in [3.63, 3.8) is 0 Å². The Morgan fingerprint density at radius 1 is 1.30 bits per heavy atom. The third-order valence-electron chi connectivity index (χ3n) is 4.57. The highest BCUT2D eigenvalue weighted by atomic mass is 16.5. The van der Waals surface area contributed by atoms with Crippen LogP contribution in [0.1, 0.15) is 25.3 Å². The SMILES string of the molecule is CCNC(=NCc1ccccc1)NCC1CN2CCCC2CO1. The van der Waals surface area contributed by atoms with Gasteiger partial charge in [0.05, 0.1) is 19.3 Å². The number of hydrogen-bond acceptors (Lipinski definition) is 3. The van der Waals surface area contributed by atoms with E-state index in [-0.39, 0.29) is 6.10 Å². The van der Waals surface area contributed by atoms with E-state index in [4.69, 9.17) is 4.74 Å². The molecule has 5 heteroatoms. The van der Waals surface area contributed by atoms with Crippen LogP contribution in [0.4, 0.5) is 0 Å². The number of nitrogens with one attached hydrogen (secondary N) is 2. The van der Waals surface area contributed by atoms with Crippen LogP contribution < -0.4 is 10.6 Å². The highest BCUT2D eigenvalue weighted by molar-refractivity contribution is 5.79. The molecule has 2 aliphatic heterocycles. The van der Waals surface area contributed by atoms with Gasteiger partial charge in [0.15, 0.2) is 5.96 Å². The summed E-state index contributed by atoms with van der Waals surface area (Å²) in [4.78, 5) is 7.23. The van der Waals surface area contributed by atoms with E-state index < -0.39 is 0 Å². The highest BCUT2D eigenvalue weighted by Crippen LogP contribution is 2.22. The maximum Gasteiger partial charge on any atom is 0.191 e. The number of morpholine rings is 1. The van der Waals surface area contributed by atoms with Crippen molar-refractivity contribution in [1.82, 2.24) is 15.5 Å². The summed E-state index contributed by atoms with van der Waals surface area (Å²) in [6.07, 6.45) is 2.86. The second kappa shape index (κ2) is 8.31. The Bertz CT molecular complexity index is 505. The Morgan fingerprint density at radius 2 is 2.17 bits per heavy atom. The van der Waals surface area contributed by atoms with Crippen LogP contribution in [0.3, 0.4) is 0 Å². The van der Waals surface area contributed by atoms with E-state index in [2.05, 4.69) is 39.6 Å². The summed E-state index contributed by atoms with van der Waals surface area (Å²) in [5, 5.41) is 6.74. The third-order valence-corrected chi connectivity index (χ3v) is 4.57. The summed E-state index contributed by atoms with van der Waals surface area (Å²) >= 11 is 0. The van der Waals surface area contributed by atoms with Crippen LogP contribution in [0.5, 0.6) is 0 Å². The number of fused-ring (bicyclic) bond motifs is 1. The minimum atomic E-state index is 0.255. The van der Waals surface area contributed by atoms with Crippen molar-refractivity contribution in [3.8, 4) is 0 Å². The maximum atomic E-state index is 6.00. The van der Waals surface area contributed by atoms with Gasteiger partial charge in [-0.2, -0.15) is 0 Å². The Morgan fingerprint density at radius 3 is 3.00 bits per heavy atom. The predicted octanol–water partition coefficient (Wildman–Crippen LogP) is 1.60. The first-order valence-electron chi connectivity index (χ1n) is 8.77. The summed E-state index contributed by atoms with van der Waals surface area (Å²) in [6.45, 7) is 7.60. The first-order valence-corrected chi connectivity index (χ1v) is 8.77. The average molecular weight is 316 g/mol. The van der Waals surface area contributed by atoms with E-state index in [1.807, 2.05) is 18.2 Å². The van der Waals surface area contributed by atoms with Crippen LogP contribution in [-0.4, -0.2) is 55.8 Å². The normalized spacial score (nSPS) is 25.2. The molecule has 2 aliphatic rings. The second-order valence-electron chi connectivity index (χ2n) is 6.31. The van der Waals surface area contributed by atoms with Crippen molar-refractivity contribution in [2.24, 2.45) is 4.99 Å². The van der Waals surface area contributed by atoms with Crippen LogP contribution in [0.2, 0.25) is 0 Å². The van der Waals surface area contributed by atoms with E-state index in [9.17, 15) is 0 Å². The number of guanidine groups is 1. The molecular weight excluding hydrogens is 288 g/mol. The van der Waals surface area contributed by atoms with Gasteiger partial charge in [-0.3, -0.25) is 4.90 Å². The molecule has 126 valence electrons. The van der Waals surface area contributed by atoms with Crippen LogP contribution in [0.15, 0.2) is 35.3 Å². The first kappa shape index (κ1) is 16.3. The summed E-state index contributed by atoms with van der Waals surface area (Å²) < 4.78 is 6.00. The molecule has 23 heavy (non-hydrogen) atoms. The standard InChI is InChI=1S/C18H28N4O/c1-2-19-18(20-11-15-7-4-3-5-8-15)21-12-17-13-22-10-6-9-16(22)14-23-17/h3-5,7-8,16-17H,2,6,9-14H2,1H3,(H2,19,20,21). The predicted molar refractivity (Wildman–Crippen MR) is 93.6 cm³/mol. The molecule has 5 nitrogen and oxygen atoms in total. The van der Waals surface area contributed by atoms with Crippen molar-refractivity contribution >= 4 is 5.96 Å². The molecular formula is C18H28N4O. The van der Waals surface area contributed by atoms with E-state index in [0.717, 1.165) is 32.2 Å². The number of rotatable bonds is 5. The van der Waals surface area contributed by atoms with Gasteiger partial charge in [0, 0.05) is 25.7 Å². The minimum Gasteiger partial charge on any atom is -0.373 e. The summed E-state index contributed by atoms with van der Waals surface area (Å²) in [6, 6.07) is 11.0. The van der Waals surface area contributed by atoms with Gasteiger partial charge in [-0.1, -0.05) is 30.3 Å². The van der Waals surface area contributed by atoms with Gasteiger partial charge in [-0.05, 0) is 31.9 Å². The minimum absolute atomic E-state index is 0.255. The Kier molecular flexibility index (Phi) is 5.88. The fourth-order valence-electron chi connectivity index (χ4n) is 3.32. The van der Waals surface area contributed by atoms with Crippen LogP contribution in [0, 0.1) is 0 Å². The Labute approximate surface area is 139 Å². The molecule has 1 aromatic carbocycles. The molecule has 2 atom stereocenters. The largest absolute Gasteiger partial charge is 0.373 e. The lowest BCUT2D eigenvalue weighted by Crippen LogP contribution is -2.51. The molecule has 0 bridgehead atoms. The lowest BCUT2D eigenvalue weighted by molar-refractivity contribution is -0.0453. The van der Waals surface area contributed by atoms with Gasteiger partial charge >= 0.3 is 0 Å². The average Bonchev–Trinajstić information content (AvgIpc) is 3.06. The topological polar surface area (TPSA) is 48.9 Å². The molecule has 3 rings (SSSR count). The fraction of sp³-hybridized carbons (Fsp3) is 0.611. The number of nitrogens with zero attached hydrogens (tertiary/aromatic N) is 2. The van der Waals surface area contributed by atoms with Gasteiger partial charge in [-0.15, -0.1) is 0 Å². The van der Waals surface area contributed by atoms with Crippen LogP contribution >= 0.6 is 0 Å². The lowest BCUT2D eigenvalue weighted by atomic mass is 10.2. The van der Waals surface area contributed by atoms with Gasteiger partial charge in [0.2, 0.25) is 0 Å². The number of ether oxygens (including phenoxy) is 1. The number of hydrogen-bond donors (Lipinski definition) is 2. The zero-order valence-electron chi connectivity index (χ0n) is 14.0. The van der Waals surface area contributed by atoms with Crippen molar-refractivity contribution in [3.05, 3.63) is 35.9 Å². The molecule has 2 saturated heterocycles. The summed E-state index contributed by atoms with van der Waals surface area (Å²) in [5.74, 6) is 0.864. The van der Waals surface area contributed by atoms with E-state index in [1.165, 1.54) is 24.9 Å². The molecule has 0 amide bonds. The van der Waals surface area contributed by atoms with Crippen molar-refractivity contribution in [1.29, 1.82) is 0 Å². The summed E-state index contributed by atoms with van der Waals surface area (Å²) in [7, 11) is 0. The van der Waals surface area contributed by atoms with Crippen molar-refractivity contribution < 1.29 is 4.74 Å². The maximum absolute atomic E-state index is 6.00. The molecule has 2 fully saturated rings. The van der Waals surface area contributed by atoms with Gasteiger partial charge in [0.1, 0.15) is 0 Å². The number of aliphatic imine (C=N–C) groups is 1. The fourth-order valence-corrected chi connectivity index (χ4v) is 3.32. The van der Waals surface area contributed by atoms with Crippen LogP contribution in [-0.2, 0) is 11.3 Å². The monoisotopic (exact) mass is 316 g/mol. The smallest absolute Gasteiger partial charge is 0.191 e. The van der Waals surface area contributed by atoms with Gasteiger partial charge in [-0.25, -0.2) is 4.99 Å². The molecule has 0 aromatic heterocycles. The highest BCUT2D eigenvalue weighted by Gasteiger charge is 2.32.